The molecular weight excluding hydrogens is 373 g/mol. The summed E-state index contributed by atoms with van der Waals surface area (Å²) in [5.41, 5.74) is 1.27. The first-order valence-corrected chi connectivity index (χ1v) is 8.82. The third-order valence-electron chi connectivity index (χ3n) is 4.90. The number of ether oxygens (including phenoxy) is 1. The van der Waals surface area contributed by atoms with Crippen molar-refractivity contribution in [1.82, 2.24) is 4.90 Å². The van der Waals surface area contributed by atoms with Crippen LogP contribution in [0.3, 0.4) is 0 Å². The lowest BCUT2D eigenvalue weighted by Gasteiger charge is -2.22. The van der Waals surface area contributed by atoms with Gasteiger partial charge in [0.2, 0.25) is 0 Å². The third-order valence-corrected chi connectivity index (χ3v) is 4.90. The van der Waals surface area contributed by atoms with Crippen LogP contribution < -0.4 is 9.64 Å². The Morgan fingerprint density at radius 2 is 1.82 bits per heavy atom. The first-order valence-electron chi connectivity index (χ1n) is 8.82. The minimum Gasteiger partial charge on any atom is -0.406 e. The Morgan fingerprint density at radius 3 is 2.36 bits per heavy atom. The van der Waals surface area contributed by atoms with Gasteiger partial charge in [0, 0.05) is 44.3 Å². The lowest BCUT2D eigenvalue weighted by molar-refractivity contribution is -0.274. The van der Waals surface area contributed by atoms with E-state index in [0.29, 0.717) is 30.4 Å². The van der Waals surface area contributed by atoms with Gasteiger partial charge in [0.1, 0.15) is 5.75 Å². The lowest BCUT2D eigenvalue weighted by Crippen LogP contribution is -2.29. The number of carbonyl (C=O) groups excluding carboxylic acids is 1. The maximum absolute atomic E-state index is 12.3. The molecule has 2 fully saturated rings. The Labute approximate surface area is 161 Å². The zero-order valence-corrected chi connectivity index (χ0v) is 15.2. The van der Waals surface area contributed by atoms with E-state index in [4.69, 9.17) is 0 Å². The van der Waals surface area contributed by atoms with Crippen LogP contribution in [-0.4, -0.2) is 63.3 Å². The molecule has 0 aliphatic carbocycles. The van der Waals surface area contributed by atoms with E-state index < -0.39 is 6.36 Å². The number of anilines is 1. The van der Waals surface area contributed by atoms with Crippen LogP contribution in [0.5, 0.6) is 5.75 Å². The minimum atomic E-state index is -4.68. The zero-order valence-electron chi connectivity index (χ0n) is 15.2. The standard InChI is InChI=1S/C19H21F3N4O2/c1-23-6-14(12-27)7-24-13-25-8-15-10-26(11-16(15)9-25)17-2-4-18(5-3-17)28-19(20,21)22/h2-7,12,15-16H,1,8-11,13H2/b14-6+,24-7-. The summed E-state index contributed by atoms with van der Waals surface area (Å²) in [6.45, 7) is 7.31. The summed E-state index contributed by atoms with van der Waals surface area (Å²) in [5.74, 6) is 0.754. The molecule has 0 radical (unpaired) electrons. The molecule has 0 saturated carbocycles. The molecule has 28 heavy (non-hydrogen) atoms. The number of hydrogen-bond donors (Lipinski definition) is 0. The number of aldehydes is 1. The van der Waals surface area contributed by atoms with Gasteiger partial charge in [-0.25, -0.2) is 0 Å². The SMILES string of the molecule is C=N/C=C(C=O)\C=N/CN1CC2CN(c3ccc(OC(F)(F)F)cc3)CC2C1. The second-order valence-corrected chi connectivity index (χ2v) is 6.89. The lowest BCUT2D eigenvalue weighted by atomic mass is 10.0. The average molecular weight is 394 g/mol. The summed E-state index contributed by atoms with van der Waals surface area (Å²) in [4.78, 5) is 23.1. The van der Waals surface area contributed by atoms with E-state index in [1.165, 1.54) is 24.5 Å². The minimum absolute atomic E-state index is 0.213. The summed E-state index contributed by atoms with van der Waals surface area (Å²) >= 11 is 0. The van der Waals surface area contributed by atoms with Crippen LogP contribution in [0.2, 0.25) is 0 Å². The summed E-state index contributed by atoms with van der Waals surface area (Å²) in [5, 5.41) is 0. The molecule has 0 aromatic heterocycles. The van der Waals surface area contributed by atoms with Crippen molar-refractivity contribution in [3.05, 3.63) is 36.0 Å². The fourth-order valence-electron chi connectivity index (χ4n) is 3.74. The van der Waals surface area contributed by atoms with E-state index in [1.54, 1.807) is 12.1 Å². The van der Waals surface area contributed by atoms with Crippen LogP contribution >= 0.6 is 0 Å². The van der Waals surface area contributed by atoms with E-state index in [9.17, 15) is 18.0 Å². The fraction of sp³-hybridized carbons (Fsp3) is 0.421. The molecule has 6 nitrogen and oxygen atoms in total. The predicted octanol–water partition coefficient (Wildman–Crippen LogP) is 2.76. The van der Waals surface area contributed by atoms with Gasteiger partial charge in [-0.05, 0) is 42.8 Å². The number of fused-ring (bicyclic) bond motifs is 1. The Kier molecular flexibility index (Phi) is 6.13. The number of nitrogens with zero attached hydrogens (tertiary/aromatic N) is 4. The molecule has 2 aliphatic rings. The molecule has 2 unspecified atom stereocenters. The highest BCUT2D eigenvalue weighted by Crippen LogP contribution is 2.34. The quantitative estimate of drug-likeness (QED) is 0.405. The predicted molar refractivity (Wildman–Crippen MR) is 101 cm³/mol. The van der Waals surface area contributed by atoms with Crippen molar-refractivity contribution in [2.75, 3.05) is 37.7 Å². The van der Waals surface area contributed by atoms with Gasteiger partial charge in [0.15, 0.2) is 6.29 Å². The van der Waals surface area contributed by atoms with Gasteiger partial charge in [-0.1, -0.05) is 0 Å². The normalized spacial score (nSPS) is 23.2. The first kappa shape index (κ1) is 20.1. The summed E-state index contributed by atoms with van der Waals surface area (Å²) in [7, 11) is 0. The summed E-state index contributed by atoms with van der Waals surface area (Å²) in [6.07, 6.45) is -1.15. The zero-order chi connectivity index (χ0) is 20.1. The number of halogens is 3. The van der Waals surface area contributed by atoms with Gasteiger partial charge in [0.05, 0.1) is 12.2 Å². The number of carbonyl (C=O) groups is 1. The topological polar surface area (TPSA) is 57.5 Å². The Balaban J connectivity index is 1.50. The molecule has 0 N–H and O–H groups in total. The molecule has 2 heterocycles. The summed E-state index contributed by atoms with van der Waals surface area (Å²) in [6, 6.07) is 6.00. The van der Waals surface area contributed by atoms with Crippen molar-refractivity contribution >= 4 is 24.9 Å². The van der Waals surface area contributed by atoms with Crippen molar-refractivity contribution < 1.29 is 22.7 Å². The second kappa shape index (κ2) is 8.55. The number of hydrogen-bond acceptors (Lipinski definition) is 6. The van der Waals surface area contributed by atoms with Crippen molar-refractivity contribution in [2.45, 2.75) is 6.36 Å². The maximum atomic E-state index is 12.3. The van der Waals surface area contributed by atoms with Gasteiger partial charge in [-0.3, -0.25) is 19.7 Å². The molecule has 1 aromatic carbocycles. The highest BCUT2D eigenvalue weighted by atomic mass is 19.4. The number of alkyl halides is 3. The summed E-state index contributed by atoms with van der Waals surface area (Å²) < 4.78 is 40.7. The highest BCUT2D eigenvalue weighted by molar-refractivity contribution is 6.01. The van der Waals surface area contributed by atoms with E-state index >= 15 is 0 Å². The average Bonchev–Trinajstić information content (AvgIpc) is 3.19. The molecule has 0 spiro atoms. The van der Waals surface area contributed by atoms with Gasteiger partial charge in [0.25, 0.3) is 0 Å². The molecule has 0 amide bonds. The maximum Gasteiger partial charge on any atom is 0.573 e. The van der Waals surface area contributed by atoms with Crippen molar-refractivity contribution in [2.24, 2.45) is 21.8 Å². The monoisotopic (exact) mass is 394 g/mol. The van der Waals surface area contributed by atoms with E-state index in [1.807, 2.05) is 0 Å². The largest absolute Gasteiger partial charge is 0.573 e. The van der Waals surface area contributed by atoms with Gasteiger partial charge < -0.3 is 9.64 Å². The van der Waals surface area contributed by atoms with E-state index in [-0.39, 0.29) is 5.75 Å². The Bertz CT molecular complexity index is 747. The molecule has 9 heteroatoms. The molecule has 1 aromatic rings. The molecule has 2 aliphatic heterocycles. The Morgan fingerprint density at radius 1 is 1.18 bits per heavy atom. The van der Waals surface area contributed by atoms with Crippen LogP contribution in [0.25, 0.3) is 0 Å². The second-order valence-electron chi connectivity index (χ2n) is 6.89. The van der Waals surface area contributed by atoms with Gasteiger partial charge >= 0.3 is 6.36 Å². The highest BCUT2D eigenvalue weighted by Gasteiger charge is 2.39. The molecule has 2 saturated heterocycles. The Hall–Kier alpha value is -2.68. The van der Waals surface area contributed by atoms with Gasteiger partial charge in [-0.2, -0.15) is 0 Å². The fourth-order valence-corrected chi connectivity index (χ4v) is 3.74. The van der Waals surface area contributed by atoms with Crippen LogP contribution in [-0.2, 0) is 4.79 Å². The van der Waals surface area contributed by atoms with Crippen molar-refractivity contribution in [3.63, 3.8) is 0 Å². The number of rotatable bonds is 7. The van der Waals surface area contributed by atoms with E-state index in [2.05, 4.69) is 31.2 Å². The molecular formula is C19H21F3N4O2. The number of allylic oxidation sites excluding steroid dienone is 1. The van der Waals surface area contributed by atoms with Crippen LogP contribution in [0.1, 0.15) is 0 Å². The van der Waals surface area contributed by atoms with E-state index in [0.717, 1.165) is 31.9 Å². The number of likely N-dealkylation sites (tertiary alicyclic amines) is 1. The van der Waals surface area contributed by atoms with Crippen molar-refractivity contribution in [1.29, 1.82) is 0 Å². The van der Waals surface area contributed by atoms with Crippen LogP contribution in [0.4, 0.5) is 18.9 Å². The molecule has 3 rings (SSSR count). The number of benzene rings is 1. The smallest absolute Gasteiger partial charge is 0.406 e. The van der Waals surface area contributed by atoms with Crippen LogP contribution in [0.15, 0.2) is 46.0 Å². The molecule has 150 valence electrons. The first-order chi connectivity index (χ1) is 13.4. The van der Waals surface area contributed by atoms with Crippen LogP contribution in [0, 0.1) is 11.8 Å². The van der Waals surface area contributed by atoms with Crippen molar-refractivity contribution in [3.8, 4) is 5.75 Å². The molecule has 2 atom stereocenters. The van der Waals surface area contributed by atoms with Gasteiger partial charge in [-0.15, -0.1) is 13.2 Å². The number of aliphatic imine (C=N–C) groups is 2. The molecule has 0 bridgehead atoms. The third kappa shape index (κ3) is 5.19.